The minimum atomic E-state index is 0.741. The van der Waals surface area contributed by atoms with Crippen molar-refractivity contribution in [1.29, 1.82) is 0 Å². The molecule has 0 aliphatic rings. The molecule has 84 valence electrons. The maximum absolute atomic E-state index is 4.15. The number of nitrogens with zero attached hydrogens (tertiary/aromatic N) is 3. The molecule has 4 nitrogen and oxygen atoms in total. The topological polar surface area (TPSA) is 42.7 Å². The molecule has 0 radical (unpaired) electrons. The molecule has 0 amide bonds. The van der Waals surface area contributed by atoms with E-state index in [1.165, 1.54) is 11.1 Å². The molecule has 0 bridgehead atoms. The Balaban J connectivity index is 1.87. The first-order chi connectivity index (χ1) is 7.75. The molecule has 0 aliphatic heterocycles. The van der Waals surface area contributed by atoms with Gasteiger partial charge in [-0.2, -0.15) is 5.10 Å². The van der Waals surface area contributed by atoms with Gasteiger partial charge < -0.3 is 5.32 Å². The molecule has 1 N–H and O–H groups in total. The summed E-state index contributed by atoms with van der Waals surface area (Å²) in [4.78, 5) is 4.15. The van der Waals surface area contributed by atoms with Gasteiger partial charge >= 0.3 is 0 Å². The number of rotatable bonds is 4. The van der Waals surface area contributed by atoms with Crippen LogP contribution in [-0.2, 0) is 20.1 Å². The SMILES string of the molecule is Cc1cccc(CNCc2ncnn2C)c1. The van der Waals surface area contributed by atoms with Crippen molar-refractivity contribution in [2.24, 2.45) is 7.05 Å². The fourth-order valence-electron chi connectivity index (χ4n) is 1.62. The summed E-state index contributed by atoms with van der Waals surface area (Å²) in [6, 6.07) is 8.49. The molecule has 0 unspecified atom stereocenters. The maximum atomic E-state index is 4.15. The van der Waals surface area contributed by atoms with Crippen molar-refractivity contribution in [3.8, 4) is 0 Å². The number of aryl methyl sites for hydroxylation is 2. The number of nitrogens with one attached hydrogen (secondary N) is 1. The van der Waals surface area contributed by atoms with Gasteiger partial charge in [0.05, 0.1) is 6.54 Å². The molecule has 16 heavy (non-hydrogen) atoms. The second-order valence-corrected chi connectivity index (χ2v) is 3.89. The summed E-state index contributed by atoms with van der Waals surface area (Å²) in [6.07, 6.45) is 1.57. The van der Waals surface area contributed by atoms with E-state index in [1.54, 1.807) is 11.0 Å². The van der Waals surface area contributed by atoms with Crippen LogP contribution in [0.3, 0.4) is 0 Å². The lowest BCUT2D eigenvalue weighted by Crippen LogP contribution is -2.16. The molecule has 1 aromatic carbocycles. The van der Waals surface area contributed by atoms with Crippen LogP contribution in [0.4, 0.5) is 0 Å². The third kappa shape index (κ3) is 2.67. The Labute approximate surface area is 95.3 Å². The van der Waals surface area contributed by atoms with Crippen LogP contribution >= 0.6 is 0 Å². The van der Waals surface area contributed by atoms with Gasteiger partial charge in [0.2, 0.25) is 0 Å². The Bertz CT molecular complexity index is 462. The van der Waals surface area contributed by atoms with Crippen molar-refractivity contribution in [3.05, 3.63) is 47.5 Å². The van der Waals surface area contributed by atoms with Crippen LogP contribution in [0.1, 0.15) is 17.0 Å². The zero-order chi connectivity index (χ0) is 11.4. The van der Waals surface area contributed by atoms with Gasteiger partial charge in [0.1, 0.15) is 12.2 Å². The van der Waals surface area contributed by atoms with Gasteiger partial charge in [0, 0.05) is 13.6 Å². The highest BCUT2D eigenvalue weighted by Gasteiger charge is 1.99. The van der Waals surface area contributed by atoms with E-state index in [9.17, 15) is 0 Å². The number of hydrogen-bond acceptors (Lipinski definition) is 3. The Kier molecular flexibility index (Phi) is 3.31. The van der Waals surface area contributed by atoms with E-state index < -0.39 is 0 Å². The van der Waals surface area contributed by atoms with Gasteiger partial charge in [-0.25, -0.2) is 4.98 Å². The van der Waals surface area contributed by atoms with E-state index in [0.29, 0.717) is 0 Å². The zero-order valence-electron chi connectivity index (χ0n) is 9.64. The molecular formula is C12H16N4. The van der Waals surface area contributed by atoms with Crippen LogP contribution in [0.25, 0.3) is 0 Å². The molecule has 4 heteroatoms. The zero-order valence-corrected chi connectivity index (χ0v) is 9.64. The van der Waals surface area contributed by atoms with Crippen LogP contribution in [-0.4, -0.2) is 14.8 Å². The van der Waals surface area contributed by atoms with Crippen molar-refractivity contribution < 1.29 is 0 Å². The van der Waals surface area contributed by atoms with Gasteiger partial charge in [0.25, 0.3) is 0 Å². The average Bonchev–Trinajstić information content (AvgIpc) is 2.65. The van der Waals surface area contributed by atoms with Crippen molar-refractivity contribution >= 4 is 0 Å². The summed E-state index contributed by atoms with van der Waals surface area (Å²) in [6.45, 7) is 3.70. The Morgan fingerprint density at radius 3 is 2.88 bits per heavy atom. The van der Waals surface area contributed by atoms with Crippen molar-refractivity contribution in [1.82, 2.24) is 20.1 Å². The van der Waals surface area contributed by atoms with E-state index in [0.717, 1.165) is 18.9 Å². The predicted octanol–water partition coefficient (Wildman–Crippen LogP) is 1.41. The lowest BCUT2D eigenvalue weighted by atomic mass is 10.1. The van der Waals surface area contributed by atoms with E-state index in [4.69, 9.17) is 0 Å². The second kappa shape index (κ2) is 4.90. The highest BCUT2D eigenvalue weighted by atomic mass is 15.3. The summed E-state index contributed by atoms with van der Waals surface area (Å²) < 4.78 is 1.78. The quantitative estimate of drug-likeness (QED) is 0.840. The predicted molar refractivity (Wildman–Crippen MR) is 62.7 cm³/mol. The summed E-state index contributed by atoms with van der Waals surface area (Å²) >= 11 is 0. The first-order valence-corrected chi connectivity index (χ1v) is 5.35. The molecule has 2 rings (SSSR count). The third-order valence-electron chi connectivity index (χ3n) is 2.50. The Morgan fingerprint density at radius 2 is 2.19 bits per heavy atom. The largest absolute Gasteiger partial charge is 0.306 e. The van der Waals surface area contributed by atoms with Gasteiger partial charge in [-0.05, 0) is 12.5 Å². The van der Waals surface area contributed by atoms with Crippen LogP contribution in [0, 0.1) is 6.92 Å². The third-order valence-corrected chi connectivity index (χ3v) is 2.50. The van der Waals surface area contributed by atoms with E-state index in [2.05, 4.69) is 46.6 Å². The van der Waals surface area contributed by atoms with Crippen molar-refractivity contribution in [2.45, 2.75) is 20.0 Å². The maximum Gasteiger partial charge on any atom is 0.140 e. The average molecular weight is 216 g/mol. The fraction of sp³-hybridized carbons (Fsp3) is 0.333. The lowest BCUT2D eigenvalue weighted by Gasteiger charge is -2.05. The molecule has 0 saturated carbocycles. The van der Waals surface area contributed by atoms with Crippen LogP contribution in [0.2, 0.25) is 0 Å². The molecule has 1 aromatic heterocycles. The normalized spacial score (nSPS) is 10.6. The number of hydrogen-bond donors (Lipinski definition) is 1. The molecular weight excluding hydrogens is 200 g/mol. The van der Waals surface area contributed by atoms with Crippen LogP contribution in [0.5, 0.6) is 0 Å². The minimum Gasteiger partial charge on any atom is -0.306 e. The van der Waals surface area contributed by atoms with Gasteiger partial charge in [-0.1, -0.05) is 29.8 Å². The van der Waals surface area contributed by atoms with Gasteiger partial charge in [-0.15, -0.1) is 0 Å². The molecule has 0 saturated heterocycles. The first-order valence-electron chi connectivity index (χ1n) is 5.35. The number of aromatic nitrogens is 3. The van der Waals surface area contributed by atoms with Crippen molar-refractivity contribution in [2.75, 3.05) is 0 Å². The molecule has 0 fully saturated rings. The molecule has 2 aromatic rings. The monoisotopic (exact) mass is 216 g/mol. The summed E-state index contributed by atoms with van der Waals surface area (Å²) in [7, 11) is 1.90. The fourth-order valence-corrected chi connectivity index (χ4v) is 1.62. The summed E-state index contributed by atoms with van der Waals surface area (Å²) in [5.41, 5.74) is 2.58. The van der Waals surface area contributed by atoms with Crippen LogP contribution in [0.15, 0.2) is 30.6 Å². The number of benzene rings is 1. The molecule has 0 spiro atoms. The molecule has 1 heterocycles. The Hall–Kier alpha value is -1.68. The highest BCUT2D eigenvalue weighted by molar-refractivity contribution is 5.21. The summed E-state index contributed by atoms with van der Waals surface area (Å²) in [5.74, 6) is 0.952. The van der Waals surface area contributed by atoms with E-state index >= 15 is 0 Å². The second-order valence-electron chi connectivity index (χ2n) is 3.89. The Morgan fingerprint density at radius 1 is 1.31 bits per heavy atom. The molecule has 0 aliphatic carbocycles. The highest BCUT2D eigenvalue weighted by Crippen LogP contribution is 2.03. The van der Waals surface area contributed by atoms with Crippen LogP contribution < -0.4 is 5.32 Å². The van der Waals surface area contributed by atoms with Gasteiger partial charge in [-0.3, -0.25) is 4.68 Å². The van der Waals surface area contributed by atoms with Crippen molar-refractivity contribution in [3.63, 3.8) is 0 Å². The standard InChI is InChI=1S/C12H16N4/c1-10-4-3-5-11(6-10)7-13-8-12-14-9-15-16(12)2/h3-6,9,13H,7-8H2,1-2H3. The minimum absolute atomic E-state index is 0.741. The van der Waals surface area contributed by atoms with Gasteiger partial charge in [0.15, 0.2) is 0 Å². The molecule has 0 atom stereocenters. The smallest absolute Gasteiger partial charge is 0.140 e. The first kappa shape index (κ1) is 10.8. The van der Waals surface area contributed by atoms with E-state index in [1.807, 2.05) is 7.05 Å². The lowest BCUT2D eigenvalue weighted by molar-refractivity contribution is 0.614. The summed E-state index contributed by atoms with van der Waals surface area (Å²) in [5, 5.41) is 7.37. The van der Waals surface area contributed by atoms with E-state index in [-0.39, 0.29) is 0 Å².